The zero-order valence-corrected chi connectivity index (χ0v) is 9.25. The van der Waals surface area contributed by atoms with Gasteiger partial charge in [0.25, 0.3) is 0 Å². The highest BCUT2D eigenvalue weighted by atomic mass is 19.4. The standard InChI is InChI=1S/C9H19F3N2O/c1-4-7(13)8(9(10,11)12)14(3)6(2)5-15/h6-8,15H,4-5,13H2,1-3H3. The lowest BCUT2D eigenvalue weighted by Gasteiger charge is -2.36. The Labute approximate surface area is 88.0 Å². The number of rotatable bonds is 5. The maximum absolute atomic E-state index is 12.7. The molecule has 3 N–H and O–H groups in total. The molecule has 15 heavy (non-hydrogen) atoms. The summed E-state index contributed by atoms with van der Waals surface area (Å²) in [6.07, 6.45) is -4.12. The Morgan fingerprint density at radius 3 is 2.13 bits per heavy atom. The van der Waals surface area contributed by atoms with Gasteiger partial charge in [0.05, 0.1) is 6.61 Å². The predicted octanol–water partition coefficient (Wildman–Crippen LogP) is 0.967. The van der Waals surface area contributed by atoms with Crippen molar-refractivity contribution in [3.8, 4) is 0 Å². The zero-order chi connectivity index (χ0) is 12.2. The van der Waals surface area contributed by atoms with E-state index in [1.54, 1.807) is 6.92 Å². The van der Waals surface area contributed by atoms with E-state index in [0.717, 1.165) is 4.90 Å². The number of alkyl halides is 3. The molecule has 0 aromatic heterocycles. The van der Waals surface area contributed by atoms with Crippen LogP contribution in [0.2, 0.25) is 0 Å². The molecule has 0 amide bonds. The fourth-order valence-electron chi connectivity index (χ4n) is 1.40. The first-order chi connectivity index (χ1) is 6.75. The predicted molar refractivity (Wildman–Crippen MR) is 52.4 cm³/mol. The lowest BCUT2D eigenvalue weighted by molar-refractivity contribution is -0.192. The maximum atomic E-state index is 12.7. The van der Waals surface area contributed by atoms with Gasteiger partial charge in [-0.15, -0.1) is 0 Å². The average Bonchev–Trinajstić information content (AvgIpc) is 2.14. The Balaban J connectivity index is 4.78. The second kappa shape index (κ2) is 5.67. The normalized spacial score (nSPS) is 19.0. The van der Waals surface area contributed by atoms with Crippen LogP contribution in [0.3, 0.4) is 0 Å². The van der Waals surface area contributed by atoms with Crippen LogP contribution in [0.25, 0.3) is 0 Å². The van der Waals surface area contributed by atoms with Gasteiger partial charge in [-0.3, -0.25) is 4.90 Å². The molecular weight excluding hydrogens is 209 g/mol. The lowest BCUT2D eigenvalue weighted by Crippen LogP contribution is -2.57. The number of nitrogens with two attached hydrogens (primary N) is 1. The number of likely N-dealkylation sites (N-methyl/N-ethyl adjacent to an activating group) is 1. The summed E-state index contributed by atoms with van der Waals surface area (Å²) < 4.78 is 38.1. The third kappa shape index (κ3) is 3.96. The van der Waals surface area contributed by atoms with Crippen molar-refractivity contribution < 1.29 is 18.3 Å². The molecule has 0 bridgehead atoms. The number of halogens is 3. The first kappa shape index (κ1) is 14.7. The Morgan fingerprint density at radius 2 is 1.87 bits per heavy atom. The highest BCUT2D eigenvalue weighted by Gasteiger charge is 2.46. The molecule has 0 rings (SSSR count). The zero-order valence-electron chi connectivity index (χ0n) is 9.25. The first-order valence-corrected chi connectivity index (χ1v) is 4.90. The van der Waals surface area contributed by atoms with Gasteiger partial charge < -0.3 is 10.8 Å². The Morgan fingerprint density at radius 1 is 1.40 bits per heavy atom. The number of nitrogens with zero attached hydrogens (tertiary/aromatic N) is 1. The number of aliphatic hydroxyl groups is 1. The molecule has 0 radical (unpaired) electrons. The van der Waals surface area contributed by atoms with Crippen LogP contribution in [0.4, 0.5) is 13.2 Å². The van der Waals surface area contributed by atoms with Crippen LogP contribution in [0.5, 0.6) is 0 Å². The third-order valence-corrected chi connectivity index (χ3v) is 2.61. The molecule has 3 atom stereocenters. The fraction of sp³-hybridized carbons (Fsp3) is 1.00. The van der Waals surface area contributed by atoms with Crippen molar-refractivity contribution in [2.45, 2.75) is 44.6 Å². The van der Waals surface area contributed by atoms with Crippen LogP contribution in [0, 0.1) is 0 Å². The van der Waals surface area contributed by atoms with Crippen molar-refractivity contribution in [2.75, 3.05) is 13.7 Å². The van der Waals surface area contributed by atoms with Crippen LogP contribution in [-0.2, 0) is 0 Å². The van der Waals surface area contributed by atoms with Crippen molar-refractivity contribution in [2.24, 2.45) is 5.73 Å². The van der Waals surface area contributed by atoms with E-state index in [-0.39, 0.29) is 13.0 Å². The topological polar surface area (TPSA) is 49.5 Å². The largest absolute Gasteiger partial charge is 0.405 e. The van der Waals surface area contributed by atoms with Gasteiger partial charge in [-0.05, 0) is 20.4 Å². The van der Waals surface area contributed by atoms with Crippen LogP contribution in [-0.4, -0.2) is 48.0 Å². The van der Waals surface area contributed by atoms with Crippen molar-refractivity contribution in [3.05, 3.63) is 0 Å². The van der Waals surface area contributed by atoms with Gasteiger partial charge >= 0.3 is 6.18 Å². The fourth-order valence-corrected chi connectivity index (χ4v) is 1.40. The van der Waals surface area contributed by atoms with Gasteiger partial charge in [0, 0.05) is 12.1 Å². The van der Waals surface area contributed by atoms with Gasteiger partial charge in [-0.1, -0.05) is 6.92 Å². The summed E-state index contributed by atoms with van der Waals surface area (Å²) in [4.78, 5) is 1.08. The second-order valence-corrected chi connectivity index (χ2v) is 3.76. The molecule has 0 heterocycles. The minimum Gasteiger partial charge on any atom is -0.395 e. The molecular formula is C9H19F3N2O. The summed E-state index contributed by atoms with van der Waals surface area (Å²) >= 11 is 0. The Kier molecular flexibility index (Phi) is 5.55. The molecule has 0 aliphatic rings. The molecule has 3 nitrogen and oxygen atoms in total. The average molecular weight is 228 g/mol. The summed E-state index contributed by atoms with van der Waals surface area (Å²) in [5, 5.41) is 8.82. The van der Waals surface area contributed by atoms with Gasteiger partial charge in [-0.2, -0.15) is 13.2 Å². The lowest BCUT2D eigenvalue weighted by atomic mass is 10.0. The van der Waals surface area contributed by atoms with E-state index < -0.39 is 24.3 Å². The van der Waals surface area contributed by atoms with Crippen molar-refractivity contribution >= 4 is 0 Å². The summed E-state index contributed by atoms with van der Waals surface area (Å²) in [6.45, 7) is 2.82. The van der Waals surface area contributed by atoms with E-state index in [0.29, 0.717) is 0 Å². The molecule has 0 spiro atoms. The van der Waals surface area contributed by atoms with Gasteiger partial charge in [0.15, 0.2) is 0 Å². The second-order valence-electron chi connectivity index (χ2n) is 3.76. The minimum absolute atomic E-state index is 0.243. The molecule has 0 aliphatic carbocycles. The van der Waals surface area contributed by atoms with Crippen LogP contribution < -0.4 is 5.73 Å². The Hall–Kier alpha value is -0.330. The van der Waals surface area contributed by atoms with E-state index in [1.165, 1.54) is 14.0 Å². The SMILES string of the molecule is CCC(N)C(N(C)C(C)CO)C(F)(F)F. The van der Waals surface area contributed by atoms with Crippen molar-refractivity contribution in [1.82, 2.24) is 4.90 Å². The molecule has 0 saturated carbocycles. The van der Waals surface area contributed by atoms with Gasteiger partial charge in [0.1, 0.15) is 6.04 Å². The molecule has 0 fully saturated rings. The summed E-state index contributed by atoms with van der Waals surface area (Å²) in [6, 6.07) is -3.23. The smallest absolute Gasteiger partial charge is 0.395 e. The van der Waals surface area contributed by atoms with Crippen LogP contribution in [0.1, 0.15) is 20.3 Å². The molecule has 6 heteroatoms. The van der Waals surface area contributed by atoms with E-state index >= 15 is 0 Å². The Bertz CT molecular complexity index is 187. The van der Waals surface area contributed by atoms with E-state index in [9.17, 15) is 13.2 Å². The van der Waals surface area contributed by atoms with E-state index in [1.807, 2.05) is 0 Å². The van der Waals surface area contributed by atoms with Gasteiger partial charge in [0.2, 0.25) is 0 Å². The van der Waals surface area contributed by atoms with E-state index in [2.05, 4.69) is 0 Å². The molecule has 0 aromatic carbocycles. The number of aliphatic hydroxyl groups excluding tert-OH is 1. The highest BCUT2D eigenvalue weighted by Crippen LogP contribution is 2.28. The summed E-state index contributed by atoms with van der Waals surface area (Å²) in [5.41, 5.74) is 5.45. The number of hydrogen-bond donors (Lipinski definition) is 2. The maximum Gasteiger partial charge on any atom is 0.405 e. The number of hydrogen-bond acceptors (Lipinski definition) is 3. The molecule has 0 aliphatic heterocycles. The molecule has 92 valence electrons. The summed E-state index contributed by atoms with van der Waals surface area (Å²) in [5.74, 6) is 0. The minimum atomic E-state index is -4.37. The molecule has 0 aromatic rings. The quantitative estimate of drug-likeness (QED) is 0.737. The highest BCUT2D eigenvalue weighted by molar-refractivity contribution is 4.88. The molecule has 0 saturated heterocycles. The van der Waals surface area contributed by atoms with E-state index in [4.69, 9.17) is 10.8 Å². The van der Waals surface area contributed by atoms with Crippen molar-refractivity contribution in [3.63, 3.8) is 0 Å². The molecule has 3 unspecified atom stereocenters. The van der Waals surface area contributed by atoms with Gasteiger partial charge in [-0.25, -0.2) is 0 Å². The van der Waals surface area contributed by atoms with Crippen LogP contribution in [0.15, 0.2) is 0 Å². The summed E-state index contributed by atoms with van der Waals surface area (Å²) in [7, 11) is 1.33. The van der Waals surface area contributed by atoms with Crippen molar-refractivity contribution in [1.29, 1.82) is 0 Å². The van der Waals surface area contributed by atoms with Crippen LogP contribution >= 0.6 is 0 Å². The monoisotopic (exact) mass is 228 g/mol. The first-order valence-electron chi connectivity index (χ1n) is 4.90. The third-order valence-electron chi connectivity index (χ3n) is 2.61.